The fraction of sp³-hybridized carbons (Fsp3) is 0.429. The monoisotopic (exact) mass is 323 g/mol. The number of carbonyl (C=O) groups is 1. The molecule has 0 fully saturated rings. The van der Waals surface area contributed by atoms with Crippen molar-refractivity contribution in [1.82, 2.24) is 24.7 Å². The summed E-state index contributed by atoms with van der Waals surface area (Å²) in [6.45, 7) is 6.67. The molecule has 2 rings (SSSR count). The average molecular weight is 324 g/mol. The molecule has 2 aromatic rings. The summed E-state index contributed by atoms with van der Waals surface area (Å²) >= 11 is 6.13. The topological polar surface area (TPSA) is 73.0 Å². The summed E-state index contributed by atoms with van der Waals surface area (Å²) in [5.41, 5.74) is 0.581. The van der Waals surface area contributed by atoms with Crippen molar-refractivity contribution in [3.8, 4) is 5.69 Å². The number of hydrogen-bond acceptors (Lipinski definition) is 4. The van der Waals surface area contributed by atoms with Crippen molar-refractivity contribution in [2.75, 3.05) is 13.1 Å². The Kier molecular flexibility index (Phi) is 4.97. The number of benzene rings is 1. The maximum absolute atomic E-state index is 12.4. The van der Waals surface area contributed by atoms with E-state index in [1.54, 1.807) is 17.0 Å². The minimum absolute atomic E-state index is 0.377. The Morgan fingerprint density at radius 2 is 2.05 bits per heavy atom. The molecule has 0 radical (unpaired) electrons. The van der Waals surface area contributed by atoms with Gasteiger partial charge in [0.1, 0.15) is 0 Å². The molecular formula is C14H18ClN5O2. The molecule has 0 saturated carbocycles. The molecule has 0 aliphatic rings. The number of para-hydroxylation sites is 1. The highest BCUT2D eigenvalue weighted by Crippen LogP contribution is 2.21. The standard InChI is InChI=1S/C14H18ClN5O2/c1-4-9-18(5-2)13(21)20-14(22)19(16-17-20)12-10(3)7-6-8-11(12)15/h6-8H,4-5,9H2,1-3H3. The Morgan fingerprint density at radius 3 is 2.64 bits per heavy atom. The second kappa shape index (κ2) is 6.74. The molecule has 0 unspecified atom stereocenters. The highest BCUT2D eigenvalue weighted by molar-refractivity contribution is 6.32. The summed E-state index contributed by atoms with van der Waals surface area (Å²) in [5, 5.41) is 7.86. The largest absolute Gasteiger partial charge is 0.377 e. The van der Waals surface area contributed by atoms with Crippen LogP contribution in [0.4, 0.5) is 4.79 Å². The van der Waals surface area contributed by atoms with E-state index in [4.69, 9.17) is 11.6 Å². The number of aromatic nitrogens is 4. The molecule has 0 aliphatic carbocycles. The summed E-state index contributed by atoms with van der Waals surface area (Å²) in [7, 11) is 0. The zero-order valence-corrected chi connectivity index (χ0v) is 13.5. The predicted molar refractivity (Wildman–Crippen MR) is 83.7 cm³/mol. The third kappa shape index (κ3) is 2.89. The third-order valence-electron chi connectivity index (χ3n) is 3.31. The smallest absolute Gasteiger partial charge is 0.323 e. The number of carbonyl (C=O) groups excluding carboxylic acids is 1. The molecule has 0 spiro atoms. The average Bonchev–Trinajstić information content (AvgIpc) is 2.86. The van der Waals surface area contributed by atoms with Gasteiger partial charge in [0.15, 0.2) is 0 Å². The van der Waals surface area contributed by atoms with Gasteiger partial charge < -0.3 is 4.90 Å². The van der Waals surface area contributed by atoms with E-state index in [0.717, 1.165) is 21.3 Å². The Labute approximate surface area is 133 Å². The zero-order valence-electron chi connectivity index (χ0n) is 12.8. The summed E-state index contributed by atoms with van der Waals surface area (Å²) in [4.78, 5) is 26.3. The van der Waals surface area contributed by atoms with Crippen LogP contribution in [0, 0.1) is 6.92 Å². The van der Waals surface area contributed by atoms with Gasteiger partial charge >= 0.3 is 11.7 Å². The van der Waals surface area contributed by atoms with E-state index in [9.17, 15) is 9.59 Å². The zero-order chi connectivity index (χ0) is 16.3. The number of tetrazole rings is 1. The van der Waals surface area contributed by atoms with Crippen molar-refractivity contribution in [3.05, 3.63) is 39.3 Å². The molecule has 1 aromatic carbocycles. The first kappa shape index (κ1) is 16.2. The van der Waals surface area contributed by atoms with E-state index in [-0.39, 0.29) is 0 Å². The summed E-state index contributed by atoms with van der Waals surface area (Å²) in [6.07, 6.45) is 0.798. The molecule has 0 N–H and O–H groups in total. The Hall–Kier alpha value is -2.15. The van der Waals surface area contributed by atoms with Gasteiger partial charge in [-0.15, -0.1) is 4.68 Å². The number of nitrogens with zero attached hydrogens (tertiary/aromatic N) is 5. The Morgan fingerprint density at radius 1 is 1.32 bits per heavy atom. The van der Waals surface area contributed by atoms with Crippen LogP contribution in [0.3, 0.4) is 0 Å². The summed E-state index contributed by atoms with van der Waals surface area (Å²) in [6, 6.07) is 4.77. The van der Waals surface area contributed by atoms with Gasteiger partial charge in [0.25, 0.3) is 0 Å². The molecule has 1 heterocycles. The molecule has 1 amide bonds. The fourth-order valence-corrected chi connectivity index (χ4v) is 2.49. The van der Waals surface area contributed by atoms with Crippen molar-refractivity contribution in [3.63, 3.8) is 0 Å². The molecule has 0 bridgehead atoms. The second-order valence-corrected chi connectivity index (χ2v) is 5.26. The highest BCUT2D eigenvalue weighted by atomic mass is 35.5. The van der Waals surface area contributed by atoms with Gasteiger partial charge in [-0.25, -0.2) is 9.59 Å². The van der Waals surface area contributed by atoms with Crippen LogP contribution < -0.4 is 5.69 Å². The predicted octanol–water partition coefficient (Wildman–Crippen LogP) is 2.09. The minimum Gasteiger partial charge on any atom is -0.323 e. The number of halogens is 1. The van der Waals surface area contributed by atoms with Crippen LogP contribution in [0.5, 0.6) is 0 Å². The normalized spacial score (nSPS) is 10.7. The molecule has 7 nitrogen and oxygen atoms in total. The maximum atomic E-state index is 12.4. The van der Waals surface area contributed by atoms with E-state index < -0.39 is 11.7 Å². The number of aryl methyl sites for hydroxylation is 1. The van der Waals surface area contributed by atoms with Gasteiger partial charge in [0.05, 0.1) is 10.7 Å². The van der Waals surface area contributed by atoms with Crippen LogP contribution in [-0.2, 0) is 0 Å². The van der Waals surface area contributed by atoms with Gasteiger partial charge in [0, 0.05) is 13.1 Å². The molecule has 118 valence electrons. The molecule has 0 aliphatic heterocycles. The summed E-state index contributed by atoms with van der Waals surface area (Å²) in [5.74, 6) is 0. The molecule has 0 atom stereocenters. The van der Waals surface area contributed by atoms with E-state index in [1.807, 2.05) is 26.8 Å². The van der Waals surface area contributed by atoms with Crippen molar-refractivity contribution < 1.29 is 4.79 Å². The van der Waals surface area contributed by atoms with E-state index in [0.29, 0.717) is 23.8 Å². The van der Waals surface area contributed by atoms with Gasteiger partial charge in [0.2, 0.25) is 0 Å². The lowest BCUT2D eigenvalue weighted by molar-refractivity contribution is 0.197. The van der Waals surface area contributed by atoms with Crippen molar-refractivity contribution in [2.24, 2.45) is 0 Å². The number of rotatable bonds is 4. The van der Waals surface area contributed by atoms with Crippen LogP contribution in [-0.4, -0.2) is 43.8 Å². The molecule has 0 saturated heterocycles. The molecule has 8 heteroatoms. The first-order valence-corrected chi connectivity index (χ1v) is 7.48. The van der Waals surface area contributed by atoms with Crippen molar-refractivity contribution in [2.45, 2.75) is 27.2 Å². The molecule has 1 aromatic heterocycles. The van der Waals surface area contributed by atoms with Gasteiger partial charge in [-0.1, -0.05) is 30.7 Å². The molecular weight excluding hydrogens is 306 g/mol. The lowest BCUT2D eigenvalue weighted by Crippen LogP contribution is -2.41. The Balaban J connectivity index is 2.47. The fourth-order valence-electron chi connectivity index (χ4n) is 2.19. The van der Waals surface area contributed by atoms with Crippen molar-refractivity contribution in [1.29, 1.82) is 0 Å². The van der Waals surface area contributed by atoms with Gasteiger partial charge in [-0.05, 0) is 42.3 Å². The SMILES string of the molecule is CCCN(CC)C(=O)n1nnn(-c2c(C)cccc2Cl)c1=O. The van der Waals surface area contributed by atoms with E-state index in [2.05, 4.69) is 10.4 Å². The summed E-state index contributed by atoms with van der Waals surface area (Å²) < 4.78 is 1.82. The number of amides is 1. The van der Waals surface area contributed by atoms with Crippen LogP contribution >= 0.6 is 11.6 Å². The van der Waals surface area contributed by atoms with Crippen LogP contribution in [0.25, 0.3) is 5.69 Å². The first-order valence-electron chi connectivity index (χ1n) is 7.11. The van der Waals surface area contributed by atoms with Crippen LogP contribution in [0.1, 0.15) is 25.8 Å². The molecule has 22 heavy (non-hydrogen) atoms. The van der Waals surface area contributed by atoms with E-state index in [1.165, 1.54) is 0 Å². The second-order valence-electron chi connectivity index (χ2n) is 4.85. The quantitative estimate of drug-likeness (QED) is 0.808. The minimum atomic E-state index is -0.629. The highest BCUT2D eigenvalue weighted by Gasteiger charge is 2.21. The number of hydrogen-bond donors (Lipinski definition) is 0. The lowest BCUT2D eigenvalue weighted by Gasteiger charge is -2.18. The Bertz CT molecular complexity index is 717. The maximum Gasteiger partial charge on any atom is 0.377 e. The lowest BCUT2D eigenvalue weighted by atomic mass is 10.2. The first-order chi connectivity index (χ1) is 10.5. The van der Waals surface area contributed by atoms with Crippen molar-refractivity contribution >= 4 is 17.6 Å². The van der Waals surface area contributed by atoms with Gasteiger partial charge in [-0.2, -0.15) is 4.68 Å². The third-order valence-corrected chi connectivity index (χ3v) is 3.61. The van der Waals surface area contributed by atoms with Gasteiger partial charge in [-0.3, -0.25) is 0 Å². The van der Waals surface area contributed by atoms with E-state index >= 15 is 0 Å². The van der Waals surface area contributed by atoms with Crippen LogP contribution in [0.2, 0.25) is 5.02 Å². The van der Waals surface area contributed by atoms with Crippen LogP contribution in [0.15, 0.2) is 23.0 Å².